The highest BCUT2D eigenvalue weighted by Gasteiger charge is 2.27. The van der Waals surface area contributed by atoms with Crippen LogP contribution in [0.2, 0.25) is 0 Å². The van der Waals surface area contributed by atoms with Gasteiger partial charge in [0.2, 0.25) is 11.8 Å². The van der Waals surface area contributed by atoms with Gasteiger partial charge in [-0.25, -0.2) is 0 Å². The van der Waals surface area contributed by atoms with Crippen molar-refractivity contribution < 1.29 is 19.4 Å². The Kier molecular flexibility index (Phi) is 7.54. The molecular formula is C17H26N2O4. The van der Waals surface area contributed by atoms with Gasteiger partial charge in [-0.15, -0.1) is 0 Å². The molecule has 1 rings (SSSR count). The van der Waals surface area contributed by atoms with Crippen molar-refractivity contribution in [3.63, 3.8) is 0 Å². The highest BCUT2D eigenvalue weighted by Crippen LogP contribution is 2.16. The number of amides is 2. The van der Waals surface area contributed by atoms with E-state index < -0.39 is 6.04 Å². The predicted molar refractivity (Wildman–Crippen MR) is 87.9 cm³/mol. The van der Waals surface area contributed by atoms with Crippen molar-refractivity contribution in [1.82, 2.24) is 10.2 Å². The molecule has 0 heterocycles. The van der Waals surface area contributed by atoms with Crippen LogP contribution in [0.4, 0.5) is 0 Å². The first-order chi connectivity index (χ1) is 10.9. The standard InChI is InChI=1S/C17H26N2O4/c1-12(2)17(22)19(13(3)16(21)18-9-10-20)11-14-5-7-15(23-4)8-6-14/h5-8,12-13,20H,9-11H2,1-4H3,(H,18,21)/t13-/m1/s1. The summed E-state index contributed by atoms with van der Waals surface area (Å²) >= 11 is 0. The van der Waals surface area contributed by atoms with Gasteiger partial charge < -0.3 is 20.1 Å². The number of hydrogen-bond acceptors (Lipinski definition) is 4. The molecule has 1 atom stereocenters. The molecule has 23 heavy (non-hydrogen) atoms. The number of rotatable bonds is 8. The average molecular weight is 322 g/mol. The van der Waals surface area contributed by atoms with Crippen molar-refractivity contribution >= 4 is 11.8 Å². The van der Waals surface area contributed by atoms with E-state index >= 15 is 0 Å². The maximum atomic E-state index is 12.5. The second kappa shape index (κ2) is 9.15. The lowest BCUT2D eigenvalue weighted by Gasteiger charge is -2.30. The van der Waals surface area contributed by atoms with Crippen molar-refractivity contribution in [1.29, 1.82) is 0 Å². The first kappa shape index (κ1) is 19.0. The van der Waals surface area contributed by atoms with Gasteiger partial charge in [-0.1, -0.05) is 26.0 Å². The molecule has 128 valence electrons. The van der Waals surface area contributed by atoms with E-state index in [1.165, 1.54) is 0 Å². The summed E-state index contributed by atoms with van der Waals surface area (Å²) in [5.74, 6) is 0.166. The van der Waals surface area contributed by atoms with Crippen LogP contribution >= 0.6 is 0 Å². The van der Waals surface area contributed by atoms with Crippen LogP contribution in [0.1, 0.15) is 26.3 Å². The molecule has 0 saturated carbocycles. The number of nitrogens with one attached hydrogen (secondary N) is 1. The molecule has 6 heteroatoms. The zero-order chi connectivity index (χ0) is 17.4. The van der Waals surface area contributed by atoms with E-state index in [0.29, 0.717) is 6.54 Å². The number of ether oxygens (including phenoxy) is 1. The fourth-order valence-corrected chi connectivity index (χ4v) is 2.13. The van der Waals surface area contributed by atoms with Crippen LogP contribution in [0.25, 0.3) is 0 Å². The SMILES string of the molecule is COc1ccc(CN(C(=O)C(C)C)[C@H](C)C(=O)NCCO)cc1. The molecule has 0 unspecified atom stereocenters. The molecule has 0 aliphatic rings. The van der Waals surface area contributed by atoms with Crippen LogP contribution in [-0.2, 0) is 16.1 Å². The molecule has 1 aromatic carbocycles. The summed E-state index contributed by atoms with van der Waals surface area (Å²) in [6.45, 7) is 5.69. The number of nitrogens with zero attached hydrogens (tertiary/aromatic N) is 1. The number of methoxy groups -OCH3 is 1. The van der Waals surface area contributed by atoms with Crippen molar-refractivity contribution in [2.75, 3.05) is 20.3 Å². The number of aliphatic hydroxyl groups excluding tert-OH is 1. The second-order valence-corrected chi connectivity index (χ2v) is 5.66. The van der Waals surface area contributed by atoms with Crippen molar-refractivity contribution in [3.8, 4) is 5.75 Å². The van der Waals surface area contributed by atoms with E-state index in [9.17, 15) is 9.59 Å². The Labute approximate surface area is 137 Å². The quantitative estimate of drug-likeness (QED) is 0.753. The fraction of sp³-hybridized carbons (Fsp3) is 0.529. The Hall–Kier alpha value is -2.08. The Morgan fingerprint density at radius 1 is 1.22 bits per heavy atom. The fourth-order valence-electron chi connectivity index (χ4n) is 2.13. The van der Waals surface area contributed by atoms with Crippen LogP contribution in [0.15, 0.2) is 24.3 Å². The van der Waals surface area contributed by atoms with Crippen molar-refractivity contribution in [2.45, 2.75) is 33.4 Å². The van der Waals surface area contributed by atoms with E-state index in [4.69, 9.17) is 9.84 Å². The summed E-state index contributed by atoms with van der Waals surface area (Å²) in [6.07, 6.45) is 0. The minimum atomic E-state index is -0.612. The van der Waals surface area contributed by atoms with Gasteiger partial charge >= 0.3 is 0 Å². The molecule has 1 aromatic rings. The average Bonchev–Trinajstić information content (AvgIpc) is 2.56. The third-order valence-electron chi connectivity index (χ3n) is 3.55. The number of benzene rings is 1. The van der Waals surface area contributed by atoms with Crippen LogP contribution in [-0.4, -0.2) is 48.1 Å². The smallest absolute Gasteiger partial charge is 0.242 e. The largest absolute Gasteiger partial charge is 0.497 e. The number of aliphatic hydroxyl groups is 1. The van der Waals surface area contributed by atoms with Crippen LogP contribution in [0.5, 0.6) is 5.75 Å². The number of carbonyl (C=O) groups excluding carboxylic acids is 2. The number of carbonyl (C=O) groups is 2. The Morgan fingerprint density at radius 2 is 1.83 bits per heavy atom. The highest BCUT2D eigenvalue weighted by atomic mass is 16.5. The molecule has 0 aromatic heterocycles. The minimum Gasteiger partial charge on any atom is -0.497 e. The molecule has 0 saturated heterocycles. The summed E-state index contributed by atoms with van der Waals surface area (Å²) in [4.78, 5) is 26.1. The van der Waals surface area contributed by atoms with E-state index in [0.717, 1.165) is 11.3 Å². The Bertz CT molecular complexity index is 514. The van der Waals surface area contributed by atoms with Gasteiger partial charge in [0.25, 0.3) is 0 Å². The van der Waals surface area contributed by atoms with Crippen LogP contribution < -0.4 is 10.1 Å². The third-order valence-corrected chi connectivity index (χ3v) is 3.55. The summed E-state index contributed by atoms with van der Waals surface area (Å²) in [5.41, 5.74) is 0.918. The van der Waals surface area contributed by atoms with Gasteiger partial charge in [0, 0.05) is 19.0 Å². The zero-order valence-corrected chi connectivity index (χ0v) is 14.2. The lowest BCUT2D eigenvalue weighted by atomic mass is 10.1. The van der Waals surface area contributed by atoms with Crippen LogP contribution in [0.3, 0.4) is 0 Å². The lowest BCUT2D eigenvalue weighted by molar-refractivity contribution is -0.143. The van der Waals surface area contributed by atoms with E-state index in [-0.39, 0.29) is 30.9 Å². The highest BCUT2D eigenvalue weighted by molar-refractivity contribution is 5.88. The molecule has 2 N–H and O–H groups in total. The molecule has 2 amide bonds. The molecule has 0 fully saturated rings. The van der Waals surface area contributed by atoms with Crippen LogP contribution in [0, 0.1) is 5.92 Å². The summed E-state index contributed by atoms with van der Waals surface area (Å²) in [7, 11) is 1.59. The van der Waals surface area contributed by atoms with Gasteiger partial charge in [0.15, 0.2) is 0 Å². The van der Waals surface area contributed by atoms with E-state index in [2.05, 4.69) is 5.32 Å². The maximum absolute atomic E-state index is 12.5. The Morgan fingerprint density at radius 3 is 2.30 bits per heavy atom. The third kappa shape index (κ3) is 5.56. The van der Waals surface area contributed by atoms with E-state index in [1.54, 1.807) is 18.9 Å². The normalized spacial score (nSPS) is 11.9. The minimum absolute atomic E-state index is 0.0903. The second-order valence-electron chi connectivity index (χ2n) is 5.66. The molecule has 0 radical (unpaired) electrons. The molecule has 6 nitrogen and oxygen atoms in total. The number of hydrogen-bond donors (Lipinski definition) is 2. The molecule has 0 aliphatic carbocycles. The van der Waals surface area contributed by atoms with Gasteiger partial charge in [0.05, 0.1) is 13.7 Å². The first-order valence-corrected chi connectivity index (χ1v) is 7.72. The summed E-state index contributed by atoms with van der Waals surface area (Å²) in [5, 5.41) is 11.4. The topological polar surface area (TPSA) is 78.9 Å². The molecule has 0 spiro atoms. The van der Waals surface area contributed by atoms with Gasteiger partial charge in [-0.2, -0.15) is 0 Å². The predicted octanol–water partition coefficient (Wildman–Crippen LogP) is 1.18. The lowest BCUT2D eigenvalue weighted by Crippen LogP contribution is -2.49. The summed E-state index contributed by atoms with van der Waals surface area (Å²) < 4.78 is 5.12. The Balaban J connectivity index is 2.90. The zero-order valence-electron chi connectivity index (χ0n) is 14.2. The first-order valence-electron chi connectivity index (χ1n) is 7.72. The van der Waals surface area contributed by atoms with E-state index in [1.807, 2.05) is 38.1 Å². The van der Waals surface area contributed by atoms with Gasteiger partial charge in [-0.05, 0) is 24.6 Å². The maximum Gasteiger partial charge on any atom is 0.242 e. The molecular weight excluding hydrogens is 296 g/mol. The molecule has 0 bridgehead atoms. The monoisotopic (exact) mass is 322 g/mol. The van der Waals surface area contributed by atoms with Gasteiger partial charge in [0.1, 0.15) is 11.8 Å². The summed E-state index contributed by atoms with van der Waals surface area (Å²) in [6, 6.07) is 6.78. The van der Waals surface area contributed by atoms with Gasteiger partial charge in [-0.3, -0.25) is 9.59 Å². The molecule has 0 aliphatic heterocycles. The van der Waals surface area contributed by atoms with Crippen molar-refractivity contribution in [3.05, 3.63) is 29.8 Å². The van der Waals surface area contributed by atoms with Crippen molar-refractivity contribution in [2.24, 2.45) is 5.92 Å².